The maximum atomic E-state index is 13.3. The first-order valence-electron chi connectivity index (χ1n) is 10.6. The van der Waals surface area contributed by atoms with E-state index in [0.717, 1.165) is 36.8 Å². The summed E-state index contributed by atoms with van der Waals surface area (Å²) in [5.41, 5.74) is 2.79. The number of carbonyl (C=O) groups is 1. The van der Waals surface area contributed by atoms with Gasteiger partial charge < -0.3 is 9.64 Å². The molecule has 0 atom stereocenters. The van der Waals surface area contributed by atoms with Gasteiger partial charge in [-0.2, -0.15) is 5.10 Å². The highest BCUT2D eigenvalue weighted by molar-refractivity contribution is 6.30. The Morgan fingerprint density at radius 3 is 2.34 bits per heavy atom. The summed E-state index contributed by atoms with van der Waals surface area (Å²) in [5, 5.41) is 5.21. The Hall–Kier alpha value is -2.90. The van der Waals surface area contributed by atoms with E-state index in [1.54, 1.807) is 16.8 Å². The Morgan fingerprint density at radius 2 is 1.69 bits per heavy atom. The molecule has 1 amide bonds. The third-order valence-corrected chi connectivity index (χ3v) is 5.98. The second kappa shape index (κ2) is 9.71. The van der Waals surface area contributed by atoms with E-state index in [1.807, 2.05) is 43.0 Å². The number of benzene rings is 2. The van der Waals surface area contributed by atoms with Crippen molar-refractivity contribution in [2.24, 2.45) is 0 Å². The van der Waals surface area contributed by atoms with Crippen LogP contribution in [0.25, 0.3) is 5.69 Å². The lowest BCUT2D eigenvalue weighted by atomic mass is 10.1. The van der Waals surface area contributed by atoms with E-state index < -0.39 is 0 Å². The van der Waals surface area contributed by atoms with Crippen molar-refractivity contribution in [3.05, 3.63) is 76.3 Å². The summed E-state index contributed by atoms with van der Waals surface area (Å²) in [6.07, 6.45) is 0. The highest BCUT2D eigenvalue weighted by Gasteiger charge is 2.27. The molecular formula is C24H26ClFN4O2. The van der Waals surface area contributed by atoms with E-state index in [-0.39, 0.29) is 11.7 Å². The lowest BCUT2D eigenvalue weighted by molar-refractivity contribution is 0.0619. The molecule has 2 heterocycles. The van der Waals surface area contributed by atoms with Crippen LogP contribution in [0.3, 0.4) is 0 Å². The van der Waals surface area contributed by atoms with Gasteiger partial charge in [0.05, 0.1) is 22.6 Å². The van der Waals surface area contributed by atoms with Crippen LogP contribution in [0.15, 0.2) is 48.5 Å². The fourth-order valence-electron chi connectivity index (χ4n) is 3.94. The first kappa shape index (κ1) is 22.3. The Kier molecular flexibility index (Phi) is 6.77. The van der Waals surface area contributed by atoms with Gasteiger partial charge in [-0.05, 0) is 62.4 Å². The normalized spacial score (nSPS) is 14.6. The zero-order chi connectivity index (χ0) is 22.7. The number of hydrogen-bond donors (Lipinski definition) is 0. The molecule has 0 saturated carbocycles. The second-order valence-corrected chi connectivity index (χ2v) is 8.31. The minimum atomic E-state index is -0.303. The van der Waals surface area contributed by atoms with Gasteiger partial charge in [0.1, 0.15) is 18.2 Å². The average Bonchev–Trinajstić information content (AvgIpc) is 3.09. The zero-order valence-electron chi connectivity index (χ0n) is 18.2. The van der Waals surface area contributed by atoms with Crippen LogP contribution in [0.5, 0.6) is 5.75 Å². The van der Waals surface area contributed by atoms with Gasteiger partial charge in [-0.25, -0.2) is 9.07 Å². The predicted molar refractivity (Wildman–Crippen MR) is 122 cm³/mol. The summed E-state index contributed by atoms with van der Waals surface area (Å²) < 4.78 is 20.7. The average molecular weight is 457 g/mol. The molecule has 1 aliphatic heterocycles. The highest BCUT2D eigenvalue weighted by Crippen LogP contribution is 2.21. The van der Waals surface area contributed by atoms with Crippen molar-refractivity contribution >= 4 is 17.5 Å². The molecule has 0 N–H and O–H groups in total. The van der Waals surface area contributed by atoms with Gasteiger partial charge in [0, 0.05) is 37.7 Å². The van der Waals surface area contributed by atoms with Gasteiger partial charge in [-0.1, -0.05) is 11.6 Å². The molecule has 2 aromatic carbocycles. The summed E-state index contributed by atoms with van der Waals surface area (Å²) in [5.74, 6) is 0.487. The maximum Gasteiger partial charge on any atom is 0.257 e. The number of nitrogens with zero attached hydrogens (tertiary/aromatic N) is 4. The number of ether oxygens (including phenoxy) is 1. The lowest BCUT2D eigenvalue weighted by Gasteiger charge is -2.34. The molecule has 0 aliphatic carbocycles. The first-order chi connectivity index (χ1) is 15.4. The van der Waals surface area contributed by atoms with Crippen molar-refractivity contribution in [3.63, 3.8) is 0 Å². The zero-order valence-corrected chi connectivity index (χ0v) is 19.0. The van der Waals surface area contributed by atoms with E-state index >= 15 is 0 Å². The molecule has 0 bridgehead atoms. The van der Waals surface area contributed by atoms with Crippen molar-refractivity contribution in [2.75, 3.05) is 39.3 Å². The molecule has 0 spiro atoms. The first-order valence-corrected chi connectivity index (χ1v) is 11.0. The molecule has 1 aromatic heterocycles. The minimum Gasteiger partial charge on any atom is -0.492 e. The summed E-state index contributed by atoms with van der Waals surface area (Å²) in [6.45, 7) is 7.98. The quantitative estimate of drug-likeness (QED) is 0.560. The third kappa shape index (κ3) is 4.95. The molecule has 1 saturated heterocycles. The monoisotopic (exact) mass is 456 g/mol. The number of hydrogen-bond acceptors (Lipinski definition) is 4. The van der Waals surface area contributed by atoms with Gasteiger partial charge in [-0.15, -0.1) is 0 Å². The van der Waals surface area contributed by atoms with Crippen LogP contribution in [-0.4, -0.2) is 64.8 Å². The molecule has 0 unspecified atom stereocenters. The van der Waals surface area contributed by atoms with Gasteiger partial charge >= 0.3 is 0 Å². The Balaban J connectivity index is 1.33. The fourth-order valence-corrected chi connectivity index (χ4v) is 4.07. The number of piperazine rings is 1. The van der Waals surface area contributed by atoms with Crippen molar-refractivity contribution in [1.82, 2.24) is 19.6 Å². The molecule has 0 radical (unpaired) electrons. The Bertz CT molecular complexity index is 1070. The van der Waals surface area contributed by atoms with Crippen LogP contribution in [0, 0.1) is 19.7 Å². The van der Waals surface area contributed by atoms with Crippen LogP contribution in [0.2, 0.25) is 5.02 Å². The van der Waals surface area contributed by atoms with E-state index in [9.17, 15) is 9.18 Å². The van der Waals surface area contributed by atoms with E-state index in [2.05, 4.69) is 10.00 Å². The highest BCUT2D eigenvalue weighted by atomic mass is 35.5. The number of aromatic nitrogens is 2. The van der Waals surface area contributed by atoms with Gasteiger partial charge in [0.15, 0.2) is 0 Å². The SMILES string of the molecule is Cc1nn(-c2ccc(F)cc2)c(C)c1C(=O)N1CCN(CCOc2ccc(Cl)cc2)CC1. The maximum absolute atomic E-state index is 13.3. The molecular weight excluding hydrogens is 431 g/mol. The lowest BCUT2D eigenvalue weighted by Crippen LogP contribution is -2.49. The minimum absolute atomic E-state index is 0.00886. The van der Waals surface area contributed by atoms with Crippen molar-refractivity contribution in [1.29, 1.82) is 0 Å². The standard InChI is InChI=1S/C24H26ClFN4O2/c1-17-23(18(2)30(27-17)21-7-5-20(26)6-8-21)24(31)29-13-11-28(12-14-29)15-16-32-22-9-3-19(25)4-10-22/h3-10H,11-16H2,1-2H3. The third-order valence-electron chi connectivity index (χ3n) is 5.73. The van der Waals surface area contributed by atoms with E-state index in [1.165, 1.54) is 12.1 Å². The van der Waals surface area contributed by atoms with Crippen molar-refractivity contribution in [3.8, 4) is 11.4 Å². The molecule has 6 nitrogen and oxygen atoms in total. The van der Waals surface area contributed by atoms with Crippen LogP contribution in [0.1, 0.15) is 21.7 Å². The Labute approximate surface area is 192 Å². The topological polar surface area (TPSA) is 50.6 Å². The number of aryl methyl sites for hydroxylation is 1. The molecule has 3 aromatic rings. The Morgan fingerprint density at radius 1 is 1.03 bits per heavy atom. The predicted octanol–water partition coefficient (Wildman–Crippen LogP) is 4.12. The van der Waals surface area contributed by atoms with E-state index in [4.69, 9.17) is 16.3 Å². The largest absolute Gasteiger partial charge is 0.492 e. The fraction of sp³-hybridized carbons (Fsp3) is 0.333. The summed E-state index contributed by atoms with van der Waals surface area (Å²) in [6, 6.07) is 13.4. The second-order valence-electron chi connectivity index (χ2n) is 7.87. The summed E-state index contributed by atoms with van der Waals surface area (Å²) in [4.78, 5) is 17.4. The number of halogens is 2. The smallest absolute Gasteiger partial charge is 0.257 e. The van der Waals surface area contributed by atoms with Gasteiger partial charge in [-0.3, -0.25) is 9.69 Å². The molecule has 1 aliphatic rings. The van der Waals surface area contributed by atoms with Crippen LogP contribution < -0.4 is 4.74 Å². The summed E-state index contributed by atoms with van der Waals surface area (Å²) >= 11 is 5.89. The van der Waals surface area contributed by atoms with Gasteiger partial charge in [0.25, 0.3) is 5.91 Å². The summed E-state index contributed by atoms with van der Waals surface area (Å²) in [7, 11) is 0. The number of carbonyl (C=O) groups excluding carboxylic acids is 1. The van der Waals surface area contributed by atoms with E-state index in [0.29, 0.717) is 36.0 Å². The molecule has 4 rings (SSSR count). The molecule has 1 fully saturated rings. The number of amides is 1. The molecule has 168 valence electrons. The van der Waals surface area contributed by atoms with Gasteiger partial charge in [0.2, 0.25) is 0 Å². The number of rotatable bonds is 6. The molecule has 32 heavy (non-hydrogen) atoms. The van der Waals surface area contributed by atoms with Crippen molar-refractivity contribution < 1.29 is 13.9 Å². The van der Waals surface area contributed by atoms with Crippen LogP contribution in [-0.2, 0) is 0 Å². The van der Waals surface area contributed by atoms with Crippen LogP contribution in [0.4, 0.5) is 4.39 Å². The van der Waals surface area contributed by atoms with Crippen molar-refractivity contribution in [2.45, 2.75) is 13.8 Å². The van der Waals surface area contributed by atoms with Crippen LogP contribution >= 0.6 is 11.6 Å². The molecule has 8 heteroatoms.